The Morgan fingerprint density at radius 3 is 2.73 bits per heavy atom. The molecule has 1 rings (SSSR count). The first-order chi connectivity index (χ1) is 7.10. The molecule has 0 bridgehead atoms. The second-order valence-corrected chi connectivity index (χ2v) is 4.42. The molecule has 0 aliphatic rings. The van der Waals surface area contributed by atoms with Crippen LogP contribution >= 0.6 is 23.4 Å². The SMILES string of the molecule is CCc1nn(CC)c(CSC(=N)N)c1Cl. The first-order valence-corrected chi connectivity index (χ1v) is 6.17. The summed E-state index contributed by atoms with van der Waals surface area (Å²) in [5.74, 6) is 0.606. The Morgan fingerprint density at radius 2 is 2.27 bits per heavy atom. The Balaban J connectivity index is 2.92. The van der Waals surface area contributed by atoms with E-state index in [-0.39, 0.29) is 5.17 Å². The molecule has 0 atom stereocenters. The molecule has 4 nitrogen and oxygen atoms in total. The van der Waals surface area contributed by atoms with Crippen LogP contribution in [0.2, 0.25) is 5.02 Å². The van der Waals surface area contributed by atoms with Gasteiger partial charge in [-0.3, -0.25) is 10.1 Å². The summed E-state index contributed by atoms with van der Waals surface area (Å²) in [6.45, 7) is 4.83. The van der Waals surface area contributed by atoms with Gasteiger partial charge in [-0.2, -0.15) is 5.10 Å². The van der Waals surface area contributed by atoms with Crippen LogP contribution in [0.3, 0.4) is 0 Å². The number of aromatic nitrogens is 2. The van der Waals surface area contributed by atoms with Gasteiger partial charge < -0.3 is 5.73 Å². The Morgan fingerprint density at radius 1 is 1.60 bits per heavy atom. The summed E-state index contributed by atoms with van der Waals surface area (Å²) >= 11 is 7.45. The first kappa shape index (κ1) is 12.4. The third-order valence-electron chi connectivity index (χ3n) is 2.06. The summed E-state index contributed by atoms with van der Waals surface area (Å²) in [4.78, 5) is 0. The molecule has 3 N–H and O–H groups in total. The average Bonchev–Trinajstić information content (AvgIpc) is 2.51. The fourth-order valence-electron chi connectivity index (χ4n) is 1.30. The molecule has 1 aromatic rings. The van der Waals surface area contributed by atoms with E-state index >= 15 is 0 Å². The molecule has 0 unspecified atom stereocenters. The molecule has 84 valence electrons. The van der Waals surface area contributed by atoms with Crippen LogP contribution in [-0.4, -0.2) is 14.9 Å². The van der Waals surface area contributed by atoms with Gasteiger partial charge in [0.2, 0.25) is 0 Å². The van der Waals surface area contributed by atoms with Crippen molar-refractivity contribution in [3.05, 3.63) is 16.4 Å². The molecule has 0 saturated carbocycles. The summed E-state index contributed by atoms with van der Waals surface area (Å²) in [5, 5.41) is 12.4. The lowest BCUT2D eigenvalue weighted by Crippen LogP contribution is -2.07. The highest BCUT2D eigenvalue weighted by Crippen LogP contribution is 2.25. The zero-order valence-electron chi connectivity index (χ0n) is 8.88. The highest BCUT2D eigenvalue weighted by molar-refractivity contribution is 8.13. The van der Waals surface area contributed by atoms with Crippen LogP contribution in [0.15, 0.2) is 0 Å². The fourth-order valence-corrected chi connectivity index (χ4v) is 2.30. The fraction of sp³-hybridized carbons (Fsp3) is 0.556. The highest BCUT2D eigenvalue weighted by Gasteiger charge is 2.14. The third kappa shape index (κ3) is 2.89. The van der Waals surface area contributed by atoms with E-state index in [1.165, 1.54) is 11.8 Å². The summed E-state index contributed by atoms with van der Waals surface area (Å²) < 4.78 is 1.87. The van der Waals surface area contributed by atoms with Crippen molar-refractivity contribution < 1.29 is 0 Å². The second kappa shape index (κ2) is 5.42. The Labute approximate surface area is 98.7 Å². The molecular weight excluding hydrogens is 232 g/mol. The van der Waals surface area contributed by atoms with E-state index in [2.05, 4.69) is 5.10 Å². The lowest BCUT2D eigenvalue weighted by atomic mass is 10.3. The maximum absolute atomic E-state index is 7.16. The number of rotatable bonds is 4. The number of nitrogens with two attached hydrogens (primary N) is 1. The van der Waals surface area contributed by atoms with E-state index in [4.69, 9.17) is 22.7 Å². The molecule has 0 saturated heterocycles. The molecule has 15 heavy (non-hydrogen) atoms. The number of nitrogens with one attached hydrogen (secondary N) is 1. The summed E-state index contributed by atoms with van der Waals surface area (Å²) in [6, 6.07) is 0. The Bertz CT molecular complexity index is 361. The van der Waals surface area contributed by atoms with E-state index < -0.39 is 0 Å². The van der Waals surface area contributed by atoms with Gasteiger partial charge in [0.05, 0.1) is 16.4 Å². The highest BCUT2D eigenvalue weighted by atomic mass is 35.5. The van der Waals surface area contributed by atoms with Crippen molar-refractivity contribution in [3.8, 4) is 0 Å². The second-order valence-electron chi connectivity index (χ2n) is 3.03. The van der Waals surface area contributed by atoms with Crippen LogP contribution in [-0.2, 0) is 18.7 Å². The topological polar surface area (TPSA) is 67.7 Å². The van der Waals surface area contributed by atoms with Gasteiger partial charge in [-0.15, -0.1) is 0 Å². The van der Waals surface area contributed by atoms with E-state index in [0.29, 0.717) is 10.8 Å². The van der Waals surface area contributed by atoms with Crippen LogP contribution < -0.4 is 5.73 Å². The number of nitrogens with zero attached hydrogens (tertiary/aromatic N) is 2. The molecule has 0 aliphatic carbocycles. The third-order valence-corrected chi connectivity index (χ3v) is 3.22. The van der Waals surface area contributed by atoms with Gasteiger partial charge >= 0.3 is 0 Å². The number of aryl methyl sites for hydroxylation is 2. The molecule has 0 aliphatic heterocycles. The lowest BCUT2D eigenvalue weighted by Gasteiger charge is -2.03. The average molecular weight is 247 g/mol. The summed E-state index contributed by atoms with van der Waals surface area (Å²) in [5.41, 5.74) is 7.16. The zero-order chi connectivity index (χ0) is 11.4. The van der Waals surface area contributed by atoms with Crippen molar-refractivity contribution in [1.82, 2.24) is 9.78 Å². The largest absolute Gasteiger partial charge is 0.379 e. The normalized spacial score (nSPS) is 10.6. The zero-order valence-corrected chi connectivity index (χ0v) is 10.5. The van der Waals surface area contributed by atoms with Gasteiger partial charge in [0.25, 0.3) is 0 Å². The molecule has 1 aromatic heterocycles. The quantitative estimate of drug-likeness (QED) is 0.633. The maximum Gasteiger partial charge on any atom is 0.151 e. The van der Waals surface area contributed by atoms with Gasteiger partial charge in [0.15, 0.2) is 5.17 Å². The van der Waals surface area contributed by atoms with Gasteiger partial charge in [0, 0.05) is 12.3 Å². The predicted octanol–water partition coefficient (Wildman–Crippen LogP) is 2.25. The predicted molar refractivity (Wildman–Crippen MR) is 65.5 cm³/mol. The number of hydrogen-bond acceptors (Lipinski definition) is 3. The summed E-state index contributed by atoms with van der Waals surface area (Å²) in [6.07, 6.45) is 0.823. The van der Waals surface area contributed by atoms with Crippen molar-refractivity contribution in [2.45, 2.75) is 32.6 Å². The Kier molecular flexibility index (Phi) is 4.47. The number of amidine groups is 1. The smallest absolute Gasteiger partial charge is 0.151 e. The van der Waals surface area contributed by atoms with Crippen LogP contribution in [0.25, 0.3) is 0 Å². The number of halogens is 1. The maximum atomic E-state index is 7.16. The van der Waals surface area contributed by atoms with Crippen molar-refractivity contribution in [2.75, 3.05) is 0 Å². The van der Waals surface area contributed by atoms with Crippen molar-refractivity contribution in [2.24, 2.45) is 5.73 Å². The molecule has 0 radical (unpaired) electrons. The van der Waals surface area contributed by atoms with Crippen LogP contribution in [0.1, 0.15) is 25.2 Å². The minimum absolute atomic E-state index is 0.105. The van der Waals surface area contributed by atoms with Crippen molar-refractivity contribution >= 4 is 28.5 Å². The molecule has 6 heteroatoms. The Hall–Kier alpha value is -0.680. The molecule has 0 spiro atoms. The van der Waals surface area contributed by atoms with Crippen LogP contribution in [0.4, 0.5) is 0 Å². The van der Waals surface area contributed by atoms with E-state index in [1.807, 2.05) is 18.5 Å². The van der Waals surface area contributed by atoms with Gasteiger partial charge in [-0.05, 0) is 13.3 Å². The number of hydrogen-bond donors (Lipinski definition) is 2. The van der Waals surface area contributed by atoms with Gasteiger partial charge in [0.1, 0.15) is 0 Å². The van der Waals surface area contributed by atoms with Gasteiger partial charge in [-0.1, -0.05) is 30.3 Å². The monoisotopic (exact) mass is 246 g/mol. The molecule has 0 amide bonds. The first-order valence-electron chi connectivity index (χ1n) is 4.81. The van der Waals surface area contributed by atoms with Crippen LogP contribution in [0, 0.1) is 5.41 Å². The minimum Gasteiger partial charge on any atom is -0.379 e. The van der Waals surface area contributed by atoms with Crippen LogP contribution in [0.5, 0.6) is 0 Å². The molecule has 1 heterocycles. The standard InChI is InChI=1S/C9H15ClN4S/c1-3-6-8(10)7(5-15-9(11)12)14(4-2)13-6/h3-5H2,1-2H3,(H3,11,12). The van der Waals surface area contributed by atoms with E-state index in [1.54, 1.807) is 0 Å². The number of thioether (sulfide) groups is 1. The lowest BCUT2D eigenvalue weighted by molar-refractivity contribution is 0.628. The van der Waals surface area contributed by atoms with Crippen molar-refractivity contribution in [3.63, 3.8) is 0 Å². The van der Waals surface area contributed by atoms with Gasteiger partial charge in [-0.25, -0.2) is 0 Å². The minimum atomic E-state index is 0.105. The molecule has 0 fully saturated rings. The van der Waals surface area contributed by atoms with E-state index in [9.17, 15) is 0 Å². The summed E-state index contributed by atoms with van der Waals surface area (Å²) in [7, 11) is 0. The van der Waals surface area contributed by atoms with E-state index in [0.717, 1.165) is 24.4 Å². The van der Waals surface area contributed by atoms with Crippen molar-refractivity contribution in [1.29, 1.82) is 5.41 Å². The molecular formula is C9H15ClN4S. The molecule has 0 aromatic carbocycles.